The van der Waals surface area contributed by atoms with Gasteiger partial charge in [0.25, 0.3) is 0 Å². The molecule has 0 saturated heterocycles. The van der Waals surface area contributed by atoms with Crippen molar-refractivity contribution in [2.75, 3.05) is 0 Å². The second-order valence-electron chi connectivity index (χ2n) is 7.95. The van der Waals surface area contributed by atoms with Crippen LogP contribution in [-0.4, -0.2) is 15.3 Å². The Morgan fingerprint density at radius 2 is 0.395 bits per heavy atom. The summed E-state index contributed by atoms with van der Waals surface area (Å²) in [5.74, 6) is 1.18. The largest absolute Gasteiger partial charge is 3.00 e. The van der Waals surface area contributed by atoms with E-state index in [2.05, 4.69) is 0 Å². The van der Waals surface area contributed by atoms with Gasteiger partial charge in [-0.3, -0.25) is 0 Å². The Morgan fingerprint density at radius 3 is 0.465 bits per heavy atom. The minimum Gasteiger partial charge on any atom is -0.872 e. The molecular weight excluding hydrogens is 766 g/mol. The van der Waals surface area contributed by atoms with Crippen LogP contribution in [0.3, 0.4) is 0 Å². The van der Waals surface area contributed by atoms with Crippen LogP contribution >= 0.6 is 0 Å². The molecule has 1 radical (unpaired) electrons. The van der Waals surface area contributed by atoms with Crippen molar-refractivity contribution in [2.24, 2.45) is 0 Å². The number of benzene rings is 6. The predicted octanol–water partition coefficient (Wildman–Crippen LogP) is 6.46. The summed E-state index contributed by atoms with van der Waals surface area (Å²) in [6.45, 7) is 0. The maximum Gasteiger partial charge on any atom is 3.00 e. The molecule has 7 heteroatoms. The molecule has 0 atom stereocenters. The monoisotopic (exact) mass is 799 g/mol. The molecule has 0 aliphatic heterocycles. The summed E-state index contributed by atoms with van der Waals surface area (Å²) in [6.07, 6.45) is 0. The summed E-state index contributed by atoms with van der Waals surface area (Å²) in [5, 5.41) is 56.7. The Balaban J connectivity index is 0.000000490. The zero-order valence-electron chi connectivity index (χ0n) is 23.4. The van der Waals surface area contributed by atoms with E-state index >= 15 is 0 Å². The van der Waals surface area contributed by atoms with Crippen LogP contribution in [0.25, 0.3) is 0 Å². The van der Waals surface area contributed by atoms with Gasteiger partial charge in [0.15, 0.2) is 0 Å². The van der Waals surface area contributed by atoms with Crippen LogP contribution in [0.1, 0.15) is 0 Å². The first-order chi connectivity index (χ1) is 20.4. The number of hydrogen-bond acceptors (Lipinski definition) is 6. The van der Waals surface area contributed by atoms with E-state index in [1.54, 1.807) is 109 Å². The number of hydrogen-bond donors (Lipinski definition) is 3. The molecule has 3 N–H and O–H groups in total. The van der Waals surface area contributed by atoms with Crippen molar-refractivity contribution in [3.63, 3.8) is 0 Å². The number of aromatic hydroxyl groups is 3. The van der Waals surface area contributed by atoms with E-state index in [4.69, 9.17) is 15.3 Å². The first-order valence-electron chi connectivity index (χ1n) is 12.7. The van der Waals surface area contributed by atoms with E-state index < -0.39 is 0 Å². The standard InChI is InChI=1S/6C6H6O.U/c6*7-6-4-2-1-3-5-6;/h6*1-5,7H;/q;;;;;;+3/p-3. The van der Waals surface area contributed by atoms with Gasteiger partial charge >= 0.3 is 31.1 Å². The van der Waals surface area contributed by atoms with Crippen LogP contribution in [0.5, 0.6) is 34.5 Å². The van der Waals surface area contributed by atoms with Gasteiger partial charge in [-0.05, 0) is 36.4 Å². The molecule has 0 saturated carbocycles. The molecule has 0 aliphatic rings. The SMILES string of the molecule is Oc1ccccc1.Oc1ccccc1.Oc1ccccc1.[O-]c1ccccc1.[O-]c1ccccc1.[O-]c1ccccc1.[U+3]. The zero-order valence-corrected chi connectivity index (χ0v) is 27.6. The maximum absolute atomic E-state index is 10.3. The summed E-state index contributed by atoms with van der Waals surface area (Å²) in [5.41, 5.74) is 0. The van der Waals surface area contributed by atoms with Crippen LogP contribution in [0.15, 0.2) is 182 Å². The fourth-order valence-corrected chi connectivity index (χ4v) is 2.55. The van der Waals surface area contributed by atoms with E-state index in [9.17, 15) is 15.3 Å². The summed E-state index contributed by atoms with van der Waals surface area (Å²) in [4.78, 5) is 0. The van der Waals surface area contributed by atoms with Crippen molar-refractivity contribution in [3.05, 3.63) is 182 Å². The van der Waals surface area contributed by atoms with Crippen molar-refractivity contribution in [3.8, 4) is 34.5 Å². The summed E-state index contributed by atoms with van der Waals surface area (Å²) >= 11 is 0. The third-order valence-corrected chi connectivity index (χ3v) is 4.50. The molecule has 0 heterocycles. The number of rotatable bonds is 0. The number of phenols is 3. The second-order valence-corrected chi connectivity index (χ2v) is 7.95. The van der Waals surface area contributed by atoms with E-state index in [1.165, 1.54) is 36.4 Å². The van der Waals surface area contributed by atoms with Crippen molar-refractivity contribution in [1.82, 2.24) is 0 Å². The fourth-order valence-electron chi connectivity index (χ4n) is 2.55. The quantitative estimate of drug-likeness (QED) is 0.162. The maximum atomic E-state index is 10.3. The molecule has 0 unspecified atom stereocenters. The number of para-hydroxylation sites is 6. The Kier molecular flexibility index (Phi) is 23.2. The van der Waals surface area contributed by atoms with Gasteiger partial charge in [0.05, 0.1) is 0 Å². The molecule has 0 amide bonds. The second kappa shape index (κ2) is 26.1. The van der Waals surface area contributed by atoms with Gasteiger partial charge in [-0.2, -0.15) is 0 Å². The van der Waals surface area contributed by atoms with E-state index in [0.29, 0.717) is 17.2 Å². The molecule has 6 rings (SSSR count). The average molecular weight is 800 g/mol. The molecule has 43 heavy (non-hydrogen) atoms. The van der Waals surface area contributed by atoms with Crippen LogP contribution in [-0.2, 0) is 0 Å². The Morgan fingerprint density at radius 1 is 0.256 bits per heavy atom. The molecule has 0 spiro atoms. The Labute approximate surface area is 276 Å². The molecule has 0 aliphatic carbocycles. The summed E-state index contributed by atoms with van der Waals surface area (Å²) < 4.78 is 0. The van der Waals surface area contributed by atoms with Gasteiger partial charge in [0.2, 0.25) is 0 Å². The Bertz CT molecular complexity index is 1100. The van der Waals surface area contributed by atoms with Gasteiger partial charge < -0.3 is 30.6 Å². The topological polar surface area (TPSA) is 130 Å². The number of phenolic OH excluding ortho intramolecular Hbond substituents is 3. The fraction of sp³-hybridized carbons (Fsp3) is 0. The van der Waals surface area contributed by atoms with Crippen molar-refractivity contribution < 1.29 is 61.8 Å². The van der Waals surface area contributed by atoms with E-state index in [0.717, 1.165) is 0 Å². The van der Waals surface area contributed by atoms with Crippen LogP contribution in [0.2, 0.25) is 0 Å². The third-order valence-electron chi connectivity index (χ3n) is 4.50. The first-order valence-corrected chi connectivity index (χ1v) is 12.7. The van der Waals surface area contributed by atoms with Gasteiger partial charge in [0.1, 0.15) is 17.2 Å². The van der Waals surface area contributed by atoms with Crippen molar-refractivity contribution in [2.45, 2.75) is 0 Å². The average Bonchev–Trinajstić information content (AvgIpc) is 3.01. The normalized spacial score (nSPS) is 8.37. The third kappa shape index (κ3) is 24.7. The minimum absolute atomic E-state index is 0. The predicted molar refractivity (Wildman–Crippen MR) is 162 cm³/mol. The first kappa shape index (κ1) is 38.2. The smallest absolute Gasteiger partial charge is 0.872 e. The molecule has 6 nitrogen and oxygen atoms in total. The summed E-state index contributed by atoms with van der Waals surface area (Å²) in [7, 11) is 0. The molecule has 0 aromatic heterocycles. The van der Waals surface area contributed by atoms with Crippen LogP contribution in [0.4, 0.5) is 0 Å². The van der Waals surface area contributed by atoms with E-state index in [1.807, 2.05) is 36.4 Å². The van der Waals surface area contributed by atoms with Gasteiger partial charge in [0, 0.05) is 0 Å². The molecule has 0 fully saturated rings. The van der Waals surface area contributed by atoms with Crippen LogP contribution < -0.4 is 15.3 Å². The molecular formula is C36H33O6U. The van der Waals surface area contributed by atoms with Gasteiger partial charge in [-0.15, -0.1) is 17.2 Å². The van der Waals surface area contributed by atoms with Crippen LogP contribution in [0, 0.1) is 31.1 Å². The molecule has 0 bridgehead atoms. The Hall–Kier alpha value is -4.83. The van der Waals surface area contributed by atoms with E-state index in [-0.39, 0.29) is 48.4 Å². The summed E-state index contributed by atoms with van der Waals surface area (Å²) in [6, 6.07) is 51.1. The molecule has 6 aromatic carbocycles. The van der Waals surface area contributed by atoms with Gasteiger partial charge in [-0.1, -0.05) is 146 Å². The minimum atomic E-state index is 0. The van der Waals surface area contributed by atoms with Crippen molar-refractivity contribution in [1.29, 1.82) is 0 Å². The zero-order chi connectivity index (χ0) is 30.7. The molecule has 217 valence electrons. The van der Waals surface area contributed by atoms with Gasteiger partial charge in [-0.25, -0.2) is 0 Å². The van der Waals surface area contributed by atoms with Crippen molar-refractivity contribution >= 4 is 0 Å². The molecule has 6 aromatic rings.